The van der Waals surface area contributed by atoms with Crippen LogP contribution in [0, 0.1) is 6.92 Å². The fourth-order valence-electron chi connectivity index (χ4n) is 5.13. The maximum absolute atomic E-state index is 13.4. The molecule has 2 N–H and O–H groups in total. The molecule has 9 nitrogen and oxygen atoms in total. The second-order valence-corrected chi connectivity index (χ2v) is 10.2. The number of ether oxygens (including phenoxy) is 1. The first-order chi connectivity index (χ1) is 16.8. The lowest BCUT2D eigenvalue weighted by atomic mass is 10.0. The number of aromatic nitrogens is 3. The largest absolute Gasteiger partial charge is 0.494 e. The van der Waals surface area contributed by atoms with E-state index in [-0.39, 0.29) is 11.9 Å². The molecular formula is C25H29N5O4S. The summed E-state index contributed by atoms with van der Waals surface area (Å²) in [5.41, 5.74) is 3.02. The second kappa shape index (κ2) is 8.92. The van der Waals surface area contributed by atoms with Crippen LogP contribution in [0.25, 0.3) is 32.8 Å². The molecule has 1 atom stereocenters. The van der Waals surface area contributed by atoms with E-state index in [1.54, 1.807) is 29.4 Å². The number of carbonyl (C=O) groups excluding carboxylic acids is 1. The number of carbonyl (C=O) groups is 2. The number of amides is 2. The van der Waals surface area contributed by atoms with Crippen LogP contribution in [0.3, 0.4) is 0 Å². The Hall–Kier alpha value is -3.53. The Morgan fingerprint density at radius 2 is 2.09 bits per heavy atom. The number of rotatable bonds is 5. The molecule has 35 heavy (non-hydrogen) atoms. The number of fused-ring (bicyclic) bond motifs is 2. The van der Waals surface area contributed by atoms with Gasteiger partial charge in [0, 0.05) is 48.6 Å². The number of thiophene rings is 1. The molecule has 10 heteroatoms. The van der Waals surface area contributed by atoms with Crippen LogP contribution in [0.2, 0.25) is 0 Å². The Bertz CT molecular complexity index is 1450. The van der Waals surface area contributed by atoms with Gasteiger partial charge < -0.3 is 29.2 Å². The molecule has 2 amide bonds. The van der Waals surface area contributed by atoms with Crippen LogP contribution in [0.4, 0.5) is 4.79 Å². The van der Waals surface area contributed by atoms with Crippen LogP contribution < -0.4 is 10.1 Å². The fourth-order valence-corrected chi connectivity index (χ4v) is 6.19. The van der Waals surface area contributed by atoms with Gasteiger partial charge in [-0.25, -0.2) is 9.78 Å². The molecule has 4 heterocycles. The predicted octanol–water partition coefficient (Wildman–Crippen LogP) is 4.47. The summed E-state index contributed by atoms with van der Waals surface area (Å²) in [7, 11) is 3.56. The monoisotopic (exact) mass is 495 g/mol. The van der Waals surface area contributed by atoms with E-state index >= 15 is 0 Å². The number of piperidine rings is 1. The van der Waals surface area contributed by atoms with Gasteiger partial charge in [-0.3, -0.25) is 4.79 Å². The van der Waals surface area contributed by atoms with Crippen molar-refractivity contribution in [2.75, 3.05) is 20.2 Å². The summed E-state index contributed by atoms with van der Waals surface area (Å²) in [5.74, 6) is 1.24. The minimum absolute atomic E-state index is 0.151. The molecule has 1 fully saturated rings. The fraction of sp³-hybridized carbons (Fsp3) is 0.400. The zero-order chi connectivity index (χ0) is 24.9. The molecule has 0 radical (unpaired) electrons. The third-order valence-corrected chi connectivity index (χ3v) is 7.76. The predicted molar refractivity (Wildman–Crippen MR) is 137 cm³/mol. The van der Waals surface area contributed by atoms with Gasteiger partial charge in [0.1, 0.15) is 16.1 Å². The van der Waals surface area contributed by atoms with E-state index in [2.05, 4.69) is 35.9 Å². The van der Waals surface area contributed by atoms with Crippen LogP contribution in [-0.4, -0.2) is 62.4 Å². The van der Waals surface area contributed by atoms with Crippen LogP contribution in [0.5, 0.6) is 5.75 Å². The molecule has 1 aliphatic heterocycles. The molecule has 1 aliphatic rings. The number of hydrogen-bond donors (Lipinski definition) is 2. The minimum Gasteiger partial charge on any atom is -0.494 e. The zero-order valence-electron chi connectivity index (χ0n) is 20.3. The van der Waals surface area contributed by atoms with E-state index in [0.717, 1.165) is 36.4 Å². The van der Waals surface area contributed by atoms with E-state index in [1.807, 2.05) is 17.7 Å². The summed E-state index contributed by atoms with van der Waals surface area (Å²) in [4.78, 5) is 33.6. The van der Waals surface area contributed by atoms with Gasteiger partial charge in [-0.05, 0) is 51.0 Å². The standard InChI is InChI=1S/C25H29N5O4S/c1-5-30-19(11-16-9-14(2)35-24(16)30)22-27-18-10-15(12-20(34-4)21(18)28(22)3)23(31)29-8-6-7-17(13-29)26-25(32)33/h9-12,17,26H,5-8,13H2,1-4H3,(H,32,33). The smallest absolute Gasteiger partial charge is 0.404 e. The molecule has 0 bridgehead atoms. The van der Waals surface area contributed by atoms with Crippen molar-refractivity contribution in [1.82, 2.24) is 24.3 Å². The highest BCUT2D eigenvalue weighted by Gasteiger charge is 2.27. The molecule has 3 aromatic heterocycles. The van der Waals surface area contributed by atoms with Crippen molar-refractivity contribution in [2.24, 2.45) is 7.05 Å². The summed E-state index contributed by atoms with van der Waals surface area (Å²) < 4.78 is 10.00. The van der Waals surface area contributed by atoms with Gasteiger partial charge in [0.25, 0.3) is 5.91 Å². The van der Waals surface area contributed by atoms with Crippen molar-refractivity contribution in [2.45, 2.75) is 39.3 Å². The third kappa shape index (κ3) is 4.01. The highest BCUT2D eigenvalue weighted by molar-refractivity contribution is 7.18. The summed E-state index contributed by atoms with van der Waals surface area (Å²) in [6.45, 7) is 6.00. The van der Waals surface area contributed by atoms with E-state index < -0.39 is 6.09 Å². The van der Waals surface area contributed by atoms with E-state index in [1.165, 1.54) is 15.1 Å². The first-order valence-corrected chi connectivity index (χ1v) is 12.6. The topological polar surface area (TPSA) is 102 Å². The Morgan fingerprint density at radius 3 is 2.80 bits per heavy atom. The highest BCUT2D eigenvalue weighted by atomic mass is 32.1. The van der Waals surface area contributed by atoms with Crippen LogP contribution in [-0.2, 0) is 13.6 Å². The Morgan fingerprint density at radius 1 is 1.29 bits per heavy atom. The number of imidazole rings is 1. The maximum atomic E-state index is 13.4. The van der Waals surface area contributed by atoms with Crippen molar-refractivity contribution in [3.05, 3.63) is 34.7 Å². The molecule has 0 saturated carbocycles. The molecule has 0 spiro atoms. The van der Waals surface area contributed by atoms with E-state index in [0.29, 0.717) is 29.9 Å². The lowest BCUT2D eigenvalue weighted by Gasteiger charge is -2.32. The maximum Gasteiger partial charge on any atom is 0.404 e. The number of hydrogen-bond acceptors (Lipinski definition) is 5. The van der Waals surface area contributed by atoms with Crippen molar-refractivity contribution >= 4 is 44.6 Å². The van der Waals surface area contributed by atoms with Gasteiger partial charge in [0.15, 0.2) is 5.82 Å². The SMILES string of the molecule is CCn1c(-c2nc3cc(C(=O)N4CCCC(NC(=O)O)C4)cc(OC)c3n2C)cc2cc(C)sc21. The number of benzene rings is 1. The molecule has 1 saturated heterocycles. The Labute approximate surface area is 206 Å². The summed E-state index contributed by atoms with van der Waals surface area (Å²) in [6.07, 6.45) is 0.394. The third-order valence-electron chi connectivity index (χ3n) is 6.67. The van der Waals surface area contributed by atoms with Gasteiger partial charge in [-0.15, -0.1) is 11.3 Å². The normalized spacial score (nSPS) is 16.2. The molecule has 5 rings (SSSR count). The molecule has 4 aromatic rings. The molecule has 1 unspecified atom stereocenters. The lowest BCUT2D eigenvalue weighted by molar-refractivity contribution is 0.0692. The molecular weight excluding hydrogens is 466 g/mol. The molecule has 184 valence electrons. The average Bonchev–Trinajstić information content (AvgIpc) is 3.46. The number of likely N-dealkylation sites (tertiary alicyclic amines) is 1. The summed E-state index contributed by atoms with van der Waals surface area (Å²) in [6, 6.07) is 7.66. The Balaban J connectivity index is 1.55. The van der Waals surface area contributed by atoms with E-state index in [9.17, 15) is 9.59 Å². The van der Waals surface area contributed by atoms with Crippen molar-refractivity contribution in [3.63, 3.8) is 0 Å². The van der Waals surface area contributed by atoms with Gasteiger partial charge in [-0.2, -0.15) is 0 Å². The van der Waals surface area contributed by atoms with Crippen molar-refractivity contribution in [3.8, 4) is 17.3 Å². The zero-order valence-corrected chi connectivity index (χ0v) is 21.1. The van der Waals surface area contributed by atoms with Crippen LogP contribution >= 0.6 is 11.3 Å². The second-order valence-electron chi connectivity index (χ2n) is 8.97. The van der Waals surface area contributed by atoms with Crippen molar-refractivity contribution in [1.29, 1.82) is 0 Å². The number of aryl methyl sites for hydroxylation is 3. The van der Waals surface area contributed by atoms with Gasteiger partial charge in [0.05, 0.1) is 18.3 Å². The van der Waals surface area contributed by atoms with Gasteiger partial charge in [0.2, 0.25) is 0 Å². The van der Waals surface area contributed by atoms with Crippen LogP contribution in [0.15, 0.2) is 24.3 Å². The van der Waals surface area contributed by atoms with E-state index in [4.69, 9.17) is 14.8 Å². The highest BCUT2D eigenvalue weighted by Crippen LogP contribution is 2.36. The van der Waals surface area contributed by atoms with Gasteiger partial charge >= 0.3 is 6.09 Å². The number of methoxy groups -OCH3 is 1. The molecule has 1 aromatic carbocycles. The number of nitrogens with one attached hydrogen (secondary N) is 1. The van der Waals surface area contributed by atoms with Crippen molar-refractivity contribution < 1.29 is 19.4 Å². The average molecular weight is 496 g/mol. The lowest BCUT2D eigenvalue weighted by Crippen LogP contribution is -2.49. The first kappa shape index (κ1) is 23.2. The number of carboxylic acid groups (broad SMARTS) is 1. The summed E-state index contributed by atoms with van der Waals surface area (Å²) in [5, 5.41) is 12.8. The van der Waals surface area contributed by atoms with Gasteiger partial charge in [-0.1, -0.05) is 0 Å². The minimum atomic E-state index is -1.07. The first-order valence-electron chi connectivity index (χ1n) is 11.7. The quantitative estimate of drug-likeness (QED) is 0.426. The van der Waals surface area contributed by atoms with Crippen LogP contribution in [0.1, 0.15) is 35.0 Å². The number of nitrogens with zero attached hydrogens (tertiary/aromatic N) is 4. The Kier molecular flexibility index (Phi) is 5.92. The summed E-state index contributed by atoms with van der Waals surface area (Å²) >= 11 is 1.77. The molecule has 0 aliphatic carbocycles.